The van der Waals surface area contributed by atoms with E-state index in [4.69, 9.17) is 0 Å². The van der Waals surface area contributed by atoms with Crippen LogP contribution in [-0.4, -0.2) is 13.1 Å². The van der Waals surface area contributed by atoms with Crippen LogP contribution in [0.15, 0.2) is 18.2 Å². The lowest BCUT2D eigenvalue weighted by atomic mass is 9.74. The van der Waals surface area contributed by atoms with Gasteiger partial charge in [-0.3, -0.25) is 0 Å². The highest BCUT2D eigenvalue weighted by Crippen LogP contribution is 2.31. The summed E-state index contributed by atoms with van der Waals surface area (Å²) in [6.07, 6.45) is 0.745. The molecule has 0 fully saturated rings. The highest BCUT2D eigenvalue weighted by atomic mass is 19.2. The zero-order valence-corrected chi connectivity index (χ0v) is 11.7. The van der Waals surface area contributed by atoms with E-state index in [1.807, 2.05) is 0 Å². The Hall–Kier alpha value is -0.960. The van der Waals surface area contributed by atoms with Crippen LogP contribution < -0.4 is 5.32 Å². The monoisotopic (exact) mass is 255 g/mol. The van der Waals surface area contributed by atoms with E-state index in [0.717, 1.165) is 25.1 Å². The van der Waals surface area contributed by atoms with E-state index in [1.165, 1.54) is 12.1 Å². The van der Waals surface area contributed by atoms with Gasteiger partial charge in [0, 0.05) is 6.54 Å². The highest BCUT2D eigenvalue weighted by molar-refractivity contribution is 5.19. The minimum Gasteiger partial charge on any atom is -0.316 e. The zero-order chi connectivity index (χ0) is 13.8. The molecule has 1 atom stereocenters. The van der Waals surface area contributed by atoms with E-state index in [2.05, 4.69) is 33.0 Å². The van der Waals surface area contributed by atoms with Crippen LogP contribution in [0.5, 0.6) is 0 Å². The van der Waals surface area contributed by atoms with Gasteiger partial charge in [-0.15, -0.1) is 0 Å². The molecule has 3 heteroatoms. The molecule has 0 aliphatic rings. The second-order valence-electron chi connectivity index (χ2n) is 5.51. The van der Waals surface area contributed by atoms with Gasteiger partial charge in [-0.1, -0.05) is 33.8 Å². The molecule has 1 aromatic carbocycles. The smallest absolute Gasteiger partial charge is 0.159 e. The van der Waals surface area contributed by atoms with Gasteiger partial charge in [-0.25, -0.2) is 8.78 Å². The van der Waals surface area contributed by atoms with Gasteiger partial charge >= 0.3 is 0 Å². The molecule has 1 rings (SSSR count). The Morgan fingerprint density at radius 3 is 2.39 bits per heavy atom. The van der Waals surface area contributed by atoms with Crippen molar-refractivity contribution in [1.29, 1.82) is 0 Å². The van der Waals surface area contributed by atoms with Crippen molar-refractivity contribution >= 4 is 0 Å². The second-order valence-corrected chi connectivity index (χ2v) is 5.51. The summed E-state index contributed by atoms with van der Waals surface area (Å²) in [5.74, 6) is -1.08. The van der Waals surface area contributed by atoms with E-state index < -0.39 is 11.6 Å². The molecule has 0 saturated carbocycles. The van der Waals surface area contributed by atoms with Gasteiger partial charge in [-0.05, 0) is 42.0 Å². The van der Waals surface area contributed by atoms with Crippen molar-refractivity contribution in [3.05, 3.63) is 35.4 Å². The van der Waals surface area contributed by atoms with Crippen molar-refractivity contribution in [2.24, 2.45) is 11.3 Å². The summed E-state index contributed by atoms with van der Waals surface area (Å²) < 4.78 is 26.1. The molecule has 0 bridgehead atoms. The number of hydrogen-bond acceptors (Lipinski definition) is 1. The molecule has 0 aliphatic heterocycles. The molecule has 0 radical (unpaired) electrons. The largest absolute Gasteiger partial charge is 0.316 e. The van der Waals surface area contributed by atoms with Gasteiger partial charge < -0.3 is 5.32 Å². The zero-order valence-electron chi connectivity index (χ0n) is 11.7. The van der Waals surface area contributed by atoms with Crippen molar-refractivity contribution in [2.75, 3.05) is 13.1 Å². The summed E-state index contributed by atoms with van der Waals surface area (Å²) in [7, 11) is 0. The molecule has 0 aromatic heterocycles. The van der Waals surface area contributed by atoms with Gasteiger partial charge in [-0.2, -0.15) is 0 Å². The van der Waals surface area contributed by atoms with Crippen molar-refractivity contribution in [3.8, 4) is 0 Å². The number of rotatable bonds is 6. The lowest BCUT2D eigenvalue weighted by Gasteiger charge is -2.34. The standard InChI is InChI=1S/C15H23F2N/c1-5-18-10-15(4,11(2)3)9-12-6-7-13(16)14(17)8-12/h6-8,11,18H,5,9-10H2,1-4H3. The van der Waals surface area contributed by atoms with Crippen LogP contribution >= 0.6 is 0 Å². The fourth-order valence-electron chi connectivity index (χ4n) is 2.00. The first-order valence-corrected chi connectivity index (χ1v) is 6.53. The molecule has 1 N–H and O–H groups in total. The van der Waals surface area contributed by atoms with Gasteiger partial charge in [0.1, 0.15) is 0 Å². The Morgan fingerprint density at radius 1 is 1.22 bits per heavy atom. The summed E-state index contributed by atoms with van der Waals surface area (Å²) >= 11 is 0. The van der Waals surface area contributed by atoms with E-state index in [0.29, 0.717) is 5.92 Å². The maximum absolute atomic E-state index is 13.2. The summed E-state index contributed by atoms with van der Waals surface area (Å²) in [4.78, 5) is 0. The van der Waals surface area contributed by atoms with E-state index in [9.17, 15) is 8.78 Å². The first-order valence-electron chi connectivity index (χ1n) is 6.53. The number of nitrogens with one attached hydrogen (secondary N) is 1. The third-order valence-electron chi connectivity index (χ3n) is 3.76. The van der Waals surface area contributed by atoms with Gasteiger partial charge in [0.15, 0.2) is 11.6 Å². The first-order chi connectivity index (χ1) is 8.39. The fraction of sp³-hybridized carbons (Fsp3) is 0.600. The molecule has 0 spiro atoms. The topological polar surface area (TPSA) is 12.0 Å². The minimum atomic E-state index is -0.781. The minimum absolute atomic E-state index is 0.0419. The lowest BCUT2D eigenvalue weighted by Crippen LogP contribution is -2.37. The highest BCUT2D eigenvalue weighted by Gasteiger charge is 2.28. The SMILES string of the molecule is CCNCC(C)(Cc1ccc(F)c(F)c1)C(C)C. The maximum atomic E-state index is 13.2. The van der Waals surface area contributed by atoms with E-state index >= 15 is 0 Å². The van der Waals surface area contributed by atoms with Crippen molar-refractivity contribution in [3.63, 3.8) is 0 Å². The van der Waals surface area contributed by atoms with Crippen LogP contribution in [0.2, 0.25) is 0 Å². The van der Waals surface area contributed by atoms with Crippen LogP contribution in [0.3, 0.4) is 0 Å². The van der Waals surface area contributed by atoms with Crippen molar-refractivity contribution in [2.45, 2.75) is 34.1 Å². The lowest BCUT2D eigenvalue weighted by molar-refractivity contribution is 0.208. The van der Waals surface area contributed by atoms with E-state index in [1.54, 1.807) is 6.07 Å². The Balaban J connectivity index is 2.85. The molecule has 1 unspecified atom stereocenters. The van der Waals surface area contributed by atoms with Crippen LogP contribution in [0.4, 0.5) is 8.78 Å². The molecule has 1 aromatic rings. The Morgan fingerprint density at radius 2 is 1.89 bits per heavy atom. The Labute approximate surface area is 109 Å². The molecular weight excluding hydrogens is 232 g/mol. The summed E-state index contributed by atoms with van der Waals surface area (Å²) in [6, 6.07) is 4.19. The summed E-state index contributed by atoms with van der Waals surface area (Å²) in [5.41, 5.74) is 0.892. The third kappa shape index (κ3) is 3.77. The predicted molar refractivity (Wildman–Crippen MR) is 71.6 cm³/mol. The molecule has 0 amide bonds. The van der Waals surface area contributed by atoms with Crippen molar-refractivity contribution < 1.29 is 8.78 Å². The maximum Gasteiger partial charge on any atom is 0.159 e. The quantitative estimate of drug-likeness (QED) is 0.815. The van der Waals surface area contributed by atoms with Crippen LogP contribution in [0.1, 0.15) is 33.3 Å². The number of benzene rings is 1. The molecule has 1 nitrogen and oxygen atoms in total. The predicted octanol–water partition coefficient (Wildman–Crippen LogP) is 3.78. The molecule has 102 valence electrons. The Kier molecular flexibility index (Phi) is 5.27. The molecular formula is C15H23F2N. The fourth-order valence-corrected chi connectivity index (χ4v) is 2.00. The first kappa shape index (κ1) is 15.1. The number of hydrogen-bond donors (Lipinski definition) is 1. The van der Waals surface area contributed by atoms with Gasteiger partial charge in [0.2, 0.25) is 0 Å². The number of halogens is 2. The average molecular weight is 255 g/mol. The van der Waals surface area contributed by atoms with Crippen LogP contribution in [0, 0.1) is 23.0 Å². The molecule has 0 saturated heterocycles. The van der Waals surface area contributed by atoms with Crippen LogP contribution in [0.25, 0.3) is 0 Å². The van der Waals surface area contributed by atoms with Crippen molar-refractivity contribution in [1.82, 2.24) is 5.32 Å². The van der Waals surface area contributed by atoms with Crippen LogP contribution in [-0.2, 0) is 6.42 Å². The van der Waals surface area contributed by atoms with E-state index in [-0.39, 0.29) is 5.41 Å². The molecule has 0 heterocycles. The normalized spacial score (nSPS) is 14.8. The molecule has 18 heavy (non-hydrogen) atoms. The average Bonchev–Trinajstić information content (AvgIpc) is 2.31. The molecule has 0 aliphatic carbocycles. The second kappa shape index (κ2) is 6.28. The summed E-state index contributed by atoms with van der Waals surface area (Å²) in [6.45, 7) is 10.4. The van der Waals surface area contributed by atoms with Gasteiger partial charge in [0.25, 0.3) is 0 Å². The summed E-state index contributed by atoms with van der Waals surface area (Å²) in [5, 5.41) is 3.35. The van der Waals surface area contributed by atoms with Gasteiger partial charge in [0.05, 0.1) is 0 Å². The third-order valence-corrected chi connectivity index (χ3v) is 3.76. The Bertz CT molecular complexity index is 390.